The highest BCUT2D eigenvalue weighted by molar-refractivity contribution is 7.52. The number of amides is 3. The highest BCUT2D eigenvalue weighted by Gasteiger charge is 2.50. The maximum Gasteiger partial charge on any atom is 0.399 e. The van der Waals surface area contributed by atoms with Gasteiger partial charge in [0.2, 0.25) is 11.8 Å². The highest BCUT2D eigenvalue weighted by atomic mass is 32.1. The van der Waals surface area contributed by atoms with E-state index in [4.69, 9.17) is 14.5 Å². The summed E-state index contributed by atoms with van der Waals surface area (Å²) in [7, 11) is -5.84. The smallest absolute Gasteiger partial charge is 0.370 e. The minimum atomic E-state index is -5.84. The number of rotatable bonds is 9. The van der Waals surface area contributed by atoms with Crippen LogP contribution in [0.1, 0.15) is 45.3 Å². The van der Waals surface area contributed by atoms with Gasteiger partial charge < -0.3 is 29.6 Å². The van der Waals surface area contributed by atoms with Gasteiger partial charge in [-0.05, 0) is 59.7 Å². The number of hydrogen-bond donors (Lipinski definition) is 3. The summed E-state index contributed by atoms with van der Waals surface area (Å²) in [6, 6.07) is 14.5. The monoisotopic (exact) mass is 733 g/mol. The van der Waals surface area contributed by atoms with Crippen molar-refractivity contribution in [1.82, 2.24) is 15.1 Å². The van der Waals surface area contributed by atoms with Gasteiger partial charge in [-0.3, -0.25) is 18.9 Å². The lowest BCUT2D eigenvalue weighted by Gasteiger charge is -2.37. The Kier molecular flexibility index (Phi) is 10.2. The van der Waals surface area contributed by atoms with Crippen molar-refractivity contribution in [1.29, 1.82) is 0 Å². The largest absolute Gasteiger partial charge is 0.399 e. The molecule has 3 aromatic carbocycles. The number of alkyl halides is 2. The van der Waals surface area contributed by atoms with Crippen molar-refractivity contribution >= 4 is 46.7 Å². The molecular weight excluding hydrogens is 701 g/mol. The number of morpholine rings is 1. The molecule has 3 N–H and O–H groups in total. The molecule has 0 aliphatic carbocycles. The van der Waals surface area contributed by atoms with Crippen LogP contribution in [0.5, 0.6) is 0 Å². The van der Waals surface area contributed by atoms with Gasteiger partial charge in [0.1, 0.15) is 18.2 Å². The van der Waals surface area contributed by atoms with E-state index in [2.05, 4.69) is 5.32 Å². The van der Waals surface area contributed by atoms with Gasteiger partial charge in [-0.15, -0.1) is 11.3 Å². The van der Waals surface area contributed by atoms with E-state index in [1.54, 1.807) is 4.90 Å². The van der Waals surface area contributed by atoms with Gasteiger partial charge in [0.25, 0.3) is 5.91 Å². The first-order chi connectivity index (χ1) is 23.7. The van der Waals surface area contributed by atoms with Crippen molar-refractivity contribution in [3.63, 3.8) is 0 Å². The highest BCUT2D eigenvalue weighted by Crippen LogP contribution is 2.59. The fraction of sp³-hybridized carbons (Fsp3) is 0.324. The molecule has 10 nitrogen and oxygen atoms in total. The summed E-state index contributed by atoms with van der Waals surface area (Å²) in [5.74, 6) is -3.92. The van der Waals surface area contributed by atoms with Crippen LogP contribution < -0.4 is 5.32 Å². The molecule has 2 fully saturated rings. The van der Waals surface area contributed by atoms with E-state index in [-0.39, 0.29) is 47.3 Å². The standard InChI is InChI=1S/C34H32F4N3O7PS/c35-24-10-8-20(15-25(24)36)16-26(39-31(42)30-18-22-17-23(9-11-29(22)50-30)34(37,38)49(45,46)47)32(43)41-12-4-7-27(41)33(44)40-13-14-48-28(19-40)21-5-2-1-3-6-21/h1-3,5-6,8-11,15,17-18,26-28H,4,7,12-14,16,19H2,(H,39,42)(H2,45,46,47)/t26?,27-,28-/m0/s1. The molecule has 4 aromatic rings. The van der Waals surface area contributed by atoms with Gasteiger partial charge in [-0.2, -0.15) is 8.78 Å². The third-order valence-electron chi connectivity index (χ3n) is 8.85. The summed E-state index contributed by atoms with van der Waals surface area (Å²) in [6.07, 6.45) is 0.288. The Morgan fingerprint density at radius 1 is 1.00 bits per heavy atom. The second kappa shape index (κ2) is 14.2. The number of thiophene rings is 1. The van der Waals surface area contributed by atoms with Crippen LogP contribution in [0.2, 0.25) is 0 Å². The SMILES string of the molecule is O=C(NC(Cc1ccc(F)c(F)c1)C(=O)N1CCC[C@H]1C(=O)N1CCO[C@H](c2ccccc2)C1)c1cc2cc(C(F)(F)P(=O)(O)O)ccc2s1. The lowest BCUT2D eigenvalue weighted by molar-refractivity contribution is -0.149. The van der Waals surface area contributed by atoms with E-state index in [1.807, 2.05) is 30.3 Å². The van der Waals surface area contributed by atoms with Crippen LogP contribution in [0.25, 0.3) is 10.1 Å². The summed E-state index contributed by atoms with van der Waals surface area (Å²) in [4.78, 5) is 62.9. The van der Waals surface area contributed by atoms with E-state index >= 15 is 0 Å². The molecule has 0 bridgehead atoms. The number of carbonyl (C=O) groups is 3. The summed E-state index contributed by atoms with van der Waals surface area (Å²) in [5.41, 5.74) is -4.29. The van der Waals surface area contributed by atoms with E-state index < -0.39 is 54.4 Å². The number of benzene rings is 3. The lowest BCUT2D eigenvalue weighted by Crippen LogP contribution is -2.56. The fourth-order valence-corrected chi connectivity index (χ4v) is 7.68. The van der Waals surface area contributed by atoms with Crippen molar-refractivity contribution < 1.29 is 51.0 Å². The molecule has 16 heteroatoms. The summed E-state index contributed by atoms with van der Waals surface area (Å²) in [5, 5.41) is 2.75. The summed E-state index contributed by atoms with van der Waals surface area (Å²) in [6.45, 7) is 1.12. The quantitative estimate of drug-likeness (QED) is 0.156. The Balaban J connectivity index is 1.24. The van der Waals surface area contributed by atoms with Gasteiger partial charge in [-0.25, -0.2) is 8.78 Å². The van der Waals surface area contributed by atoms with Crippen molar-refractivity contribution in [3.05, 3.63) is 106 Å². The van der Waals surface area contributed by atoms with Gasteiger partial charge in [-0.1, -0.05) is 42.5 Å². The molecule has 1 aromatic heterocycles. The van der Waals surface area contributed by atoms with Crippen LogP contribution in [0, 0.1) is 11.6 Å². The maximum atomic E-state index is 14.4. The first-order valence-electron chi connectivity index (χ1n) is 15.7. The lowest BCUT2D eigenvalue weighted by atomic mass is 10.0. The number of halogens is 4. The van der Waals surface area contributed by atoms with Gasteiger partial charge in [0.15, 0.2) is 11.6 Å². The van der Waals surface area contributed by atoms with Gasteiger partial charge in [0, 0.05) is 29.8 Å². The molecule has 0 radical (unpaired) electrons. The first kappa shape index (κ1) is 35.7. The zero-order valence-electron chi connectivity index (χ0n) is 26.3. The Bertz CT molecular complexity index is 1970. The van der Waals surface area contributed by atoms with Gasteiger partial charge >= 0.3 is 13.3 Å². The first-order valence-corrected chi connectivity index (χ1v) is 18.1. The van der Waals surface area contributed by atoms with E-state index in [9.17, 15) is 36.5 Å². The molecule has 0 saturated carbocycles. The van der Waals surface area contributed by atoms with Crippen LogP contribution in [-0.2, 0) is 31.0 Å². The molecule has 3 heterocycles. The molecular formula is C34H32F4N3O7PS. The number of likely N-dealkylation sites (tertiary alicyclic amines) is 1. The molecule has 2 aliphatic heterocycles. The molecule has 2 aliphatic rings. The van der Waals surface area contributed by atoms with E-state index in [1.165, 1.54) is 23.1 Å². The molecule has 2 saturated heterocycles. The maximum absolute atomic E-state index is 14.4. The van der Waals surface area contributed by atoms with Crippen LogP contribution in [0.4, 0.5) is 17.6 Å². The predicted molar refractivity (Wildman–Crippen MR) is 176 cm³/mol. The zero-order chi connectivity index (χ0) is 35.8. The molecule has 3 amide bonds. The number of nitrogens with zero attached hydrogens (tertiary/aromatic N) is 2. The van der Waals surface area contributed by atoms with Crippen molar-refractivity contribution in [2.45, 2.75) is 43.1 Å². The van der Waals surface area contributed by atoms with Crippen LogP contribution in [-0.4, -0.2) is 75.6 Å². The summed E-state index contributed by atoms with van der Waals surface area (Å²) >= 11 is 0.893. The Morgan fingerprint density at radius 3 is 2.48 bits per heavy atom. The third kappa shape index (κ3) is 7.33. The van der Waals surface area contributed by atoms with Crippen molar-refractivity contribution in [2.24, 2.45) is 0 Å². The normalized spacial score (nSPS) is 19.1. The number of fused-ring (bicyclic) bond motifs is 1. The minimum absolute atomic E-state index is 0.00551. The fourth-order valence-electron chi connectivity index (χ4n) is 6.26. The zero-order valence-corrected chi connectivity index (χ0v) is 28.0. The minimum Gasteiger partial charge on any atom is -0.370 e. The second-order valence-electron chi connectivity index (χ2n) is 12.2. The third-order valence-corrected chi connectivity index (χ3v) is 11.0. The number of ether oxygens (including phenoxy) is 1. The van der Waals surface area contributed by atoms with Crippen molar-refractivity contribution in [2.75, 3.05) is 26.2 Å². The Morgan fingerprint density at radius 2 is 1.76 bits per heavy atom. The molecule has 0 spiro atoms. The average Bonchev–Trinajstić information content (AvgIpc) is 3.77. The summed E-state index contributed by atoms with van der Waals surface area (Å²) < 4.78 is 74.3. The number of nitrogens with one attached hydrogen (secondary N) is 1. The van der Waals surface area contributed by atoms with Gasteiger partial charge in [0.05, 0.1) is 18.0 Å². The molecule has 6 rings (SSSR count). The molecule has 3 atom stereocenters. The Labute approximate surface area is 287 Å². The Hall–Kier alpha value is -4.14. The van der Waals surface area contributed by atoms with Crippen LogP contribution >= 0.6 is 18.9 Å². The number of carbonyl (C=O) groups excluding carboxylic acids is 3. The second-order valence-corrected chi connectivity index (χ2v) is 14.9. The molecule has 1 unspecified atom stereocenters. The number of hydrogen-bond acceptors (Lipinski definition) is 6. The molecule has 264 valence electrons. The molecule has 50 heavy (non-hydrogen) atoms. The van der Waals surface area contributed by atoms with E-state index in [0.29, 0.717) is 30.7 Å². The average molecular weight is 734 g/mol. The van der Waals surface area contributed by atoms with E-state index in [0.717, 1.165) is 41.2 Å². The predicted octanol–water partition coefficient (Wildman–Crippen LogP) is 5.34. The van der Waals surface area contributed by atoms with Crippen molar-refractivity contribution in [3.8, 4) is 0 Å². The van der Waals surface area contributed by atoms with Crippen LogP contribution in [0.3, 0.4) is 0 Å². The van der Waals surface area contributed by atoms with Crippen LogP contribution in [0.15, 0.2) is 72.8 Å². The topological polar surface area (TPSA) is 136 Å².